The average Bonchev–Trinajstić information content (AvgIpc) is 3.25. The van der Waals surface area contributed by atoms with Crippen LogP contribution in [0.3, 0.4) is 0 Å². The highest BCUT2D eigenvalue weighted by molar-refractivity contribution is 6.42. The maximum atomic E-state index is 13.2. The van der Waals surface area contributed by atoms with Crippen molar-refractivity contribution in [2.45, 2.75) is 26.7 Å². The number of hydrogen-bond donors (Lipinski definition) is 3. The first-order valence-corrected chi connectivity index (χ1v) is 12.7. The Kier molecular flexibility index (Phi) is 8.55. The molecule has 0 aliphatic carbocycles. The molecule has 0 spiro atoms. The van der Waals surface area contributed by atoms with Crippen molar-refractivity contribution >= 4 is 63.2 Å². The first kappa shape index (κ1) is 27.0. The van der Waals surface area contributed by atoms with Crippen LogP contribution in [0.25, 0.3) is 10.9 Å². The van der Waals surface area contributed by atoms with Gasteiger partial charge in [0.25, 0.3) is 5.91 Å². The average molecular weight is 553 g/mol. The molecule has 0 aliphatic rings. The Morgan fingerprint density at radius 3 is 2.42 bits per heavy atom. The minimum Gasteiger partial charge on any atom is -0.494 e. The van der Waals surface area contributed by atoms with Crippen LogP contribution in [-0.2, 0) is 9.59 Å². The molecule has 0 saturated heterocycles. The largest absolute Gasteiger partial charge is 0.494 e. The van der Waals surface area contributed by atoms with E-state index in [2.05, 4.69) is 23.0 Å². The van der Waals surface area contributed by atoms with E-state index in [-0.39, 0.29) is 5.69 Å². The van der Waals surface area contributed by atoms with Gasteiger partial charge in [-0.15, -0.1) is 0 Å². The Bertz CT molecular complexity index is 1500. The number of nitrogens with zero attached hydrogens (tertiary/aromatic N) is 1. The number of carbonyl (C=O) groups is 3. The van der Waals surface area contributed by atoms with Crippen molar-refractivity contribution < 1.29 is 19.1 Å². The molecule has 4 rings (SSSR count). The second-order valence-electron chi connectivity index (χ2n) is 8.56. The van der Waals surface area contributed by atoms with Gasteiger partial charge in [0.05, 0.1) is 12.1 Å². The fourth-order valence-electron chi connectivity index (χ4n) is 3.71. The molecule has 0 saturated carbocycles. The summed E-state index contributed by atoms with van der Waals surface area (Å²) in [6, 6.07) is 18.4. The van der Waals surface area contributed by atoms with E-state index in [0.717, 1.165) is 12.8 Å². The predicted octanol–water partition coefficient (Wildman–Crippen LogP) is 6.40. The van der Waals surface area contributed by atoms with Crippen LogP contribution < -0.4 is 20.8 Å². The Morgan fingerprint density at radius 2 is 1.68 bits per heavy atom. The number of anilines is 2. The van der Waals surface area contributed by atoms with Crippen LogP contribution in [0.1, 0.15) is 35.8 Å². The van der Waals surface area contributed by atoms with Crippen LogP contribution in [0.5, 0.6) is 5.75 Å². The number of amides is 3. The third-order valence-electron chi connectivity index (χ3n) is 5.81. The minimum atomic E-state index is -0.964. The zero-order valence-electron chi connectivity index (χ0n) is 20.8. The number of fused-ring (bicyclic) bond motifs is 1. The number of benzene rings is 3. The van der Waals surface area contributed by atoms with Crippen LogP contribution in [0.4, 0.5) is 11.4 Å². The van der Waals surface area contributed by atoms with Crippen molar-refractivity contribution in [1.29, 1.82) is 0 Å². The van der Waals surface area contributed by atoms with Crippen molar-refractivity contribution in [3.05, 3.63) is 88.0 Å². The molecule has 38 heavy (non-hydrogen) atoms. The van der Waals surface area contributed by atoms with E-state index in [1.165, 1.54) is 4.68 Å². The van der Waals surface area contributed by atoms with E-state index in [4.69, 9.17) is 27.9 Å². The summed E-state index contributed by atoms with van der Waals surface area (Å²) in [5.74, 6) is -1.71. The lowest BCUT2D eigenvalue weighted by atomic mass is 10.2. The van der Waals surface area contributed by atoms with Crippen molar-refractivity contribution in [2.75, 3.05) is 22.7 Å². The molecule has 1 heterocycles. The van der Waals surface area contributed by atoms with Crippen LogP contribution in [0.15, 0.2) is 66.7 Å². The molecule has 4 aromatic rings. The van der Waals surface area contributed by atoms with Gasteiger partial charge >= 0.3 is 11.8 Å². The van der Waals surface area contributed by atoms with Gasteiger partial charge in [-0.1, -0.05) is 42.6 Å². The van der Waals surface area contributed by atoms with Gasteiger partial charge in [0.1, 0.15) is 11.4 Å². The smallest absolute Gasteiger partial charge is 0.328 e. The monoisotopic (exact) mass is 552 g/mol. The van der Waals surface area contributed by atoms with E-state index >= 15 is 0 Å². The van der Waals surface area contributed by atoms with E-state index in [1.54, 1.807) is 73.7 Å². The zero-order chi connectivity index (χ0) is 27.2. The maximum Gasteiger partial charge on any atom is 0.328 e. The van der Waals surface area contributed by atoms with Crippen LogP contribution >= 0.6 is 23.2 Å². The summed E-state index contributed by atoms with van der Waals surface area (Å²) < 4.78 is 6.87. The molecule has 1 aromatic heterocycles. The minimum absolute atomic E-state index is 0.0939. The fourth-order valence-corrected chi connectivity index (χ4v) is 4.07. The number of hydrogen-bond acceptors (Lipinski definition) is 4. The Balaban J connectivity index is 1.53. The zero-order valence-corrected chi connectivity index (χ0v) is 22.3. The number of carbonyl (C=O) groups excluding carboxylic acids is 3. The normalized spacial score (nSPS) is 10.7. The molecule has 0 atom stereocenters. The number of rotatable bonds is 8. The molecule has 8 nitrogen and oxygen atoms in total. The first-order valence-electron chi connectivity index (χ1n) is 12.0. The quantitative estimate of drug-likeness (QED) is 0.174. The molecule has 0 unspecified atom stereocenters. The van der Waals surface area contributed by atoms with Crippen LogP contribution in [0, 0.1) is 6.92 Å². The van der Waals surface area contributed by atoms with Gasteiger partial charge in [-0.05, 0) is 79.6 Å². The predicted molar refractivity (Wildman–Crippen MR) is 151 cm³/mol. The highest BCUT2D eigenvalue weighted by atomic mass is 35.5. The van der Waals surface area contributed by atoms with Crippen molar-refractivity contribution in [2.24, 2.45) is 0 Å². The number of halogens is 2. The summed E-state index contributed by atoms with van der Waals surface area (Å²) in [7, 11) is 0. The van der Waals surface area contributed by atoms with E-state index in [1.807, 2.05) is 0 Å². The molecule has 10 heteroatoms. The van der Waals surface area contributed by atoms with E-state index in [0.29, 0.717) is 50.2 Å². The molecule has 0 radical (unpaired) electrons. The van der Waals surface area contributed by atoms with Crippen molar-refractivity contribution in [1.82, 2.24) is 4.68 Å². The topological polar surface area (TPSA) is 101 Å². The highest BCUT2D eigenvalue weighted by Gasteiger charge is 2.22. The molecular formula is C28H26Cl2N4O4. The van der Waals surface area contributed by atoms with Gasteiger partial charge in [-0.25, -0.2) is 4.68 Å². The lowest BCUT2D eigenvalue weighted by Gasteiger charge is -2.14. The Morgan fingerprint density at radius 1 is 0.921 bits per heavy atom. The molecule has 3 aromatic carbocycles. The second-order valence-corrected chi connectivity index (χ2v) is 9.40. The summed E-state index contributed by atoms with van der Waals surface area (Å²) >= 11 is 12.3. The number of nitrogens with one attached hydrogen (secondary N) is 3. The highest BCUT2D eigenvalue weighted by Crippen LogP contribution is 2.26. The Labute approximate surface area is 229 Å². The third-order valence-corrected chi connectivity index (χ3v) is 6.46. The Hall–Kier alpha value is -4.01. The number of ether oxygens (including phenoxy) is 1. The molecule has 0 aliphatic heterocycles. The SMILES string of the molecule is CCCCOc1ccc(NC(=O)C(=O)Nn2c(C(=O)Nc3cccc(Cl)c3C)cc3cc(Cl)ccc32)cc1. The van der Waals surface area contributed by atoms with Gasteiger partial charge < -0.3 is 15.4 Å². The van der Waals surface area contributed by atoms with Gasteiger partial charge in [0.2, 0.25) is 0 Å². The molecule has 3 N–H and O–H groups in total. The van der Waals surface area contributed by atoms with Crippen molar-refractivity contribution in [3.8, 4) is 5.75 Å². The second kappa shape index (κ2) is 12.0. The molecule has 196 valence electrons. The fraction of sp³-hybridized carbons (Fsp3) is 0.179. The van der Waals surface area contributed by atoms with Crippen molar-refractivity contribution in [3.63, 3.8) is 0 Å². The molecular weight excluding hydrogens is 527 g/mol. The standard InChI is InChI=1S/C28H26Cl2N4O4/c1-3-4-14-38-21-11-9-20(10-12-21)31-27(36)28(37)33-34-24-13-8-19(29)15-18(24)16-25(34)26(35)32-23-7-5-6-22(30)17(23)2/h5-13,15-16H,3-4,14H2,1-2H3,(H,31,36)(H,32,35)(H,33,37). The van der Waals surface area contributed by atoms with Gasteiger partial charge in [-0.3, -0.25) is 19.8 Å². The third kappa shape index (κ3) is 6.27. The van der Waals surface area contributed by atoms with Gasteiger partial charge in [0.15, 0.2) is 0 Å². The van der Waals surface area contributed by atoms with E-state index in [9.17, 15) is 14.4 Å². The summed E-state index contributed by atoms with van der Waals surface area (Å²) in [4.78, 5) is 38.8. The summed E-state index contributed by atoms with van der Waals surface area (Å²) in [6.45, 7) is 4.46. The lowest BCUT2D eigenvalue weighted by molar-refractivity contribution is -0.133. The number of aromatic nitrogens is 1. The van der Waals surface area contributed by atoms with E-state index < -0.39 is 17.7 Å². The van der Waals surface area contributed by atoms with Gasteiger partial charge in [-0.2, -0.15) is 0 Å². The van der Waals surface area contributed by atoms with Gasteiger partial charge in [0, 0.05) is 26.8 Å². The van der Waals surface area contributed by atoms with Crippen LogP contribution in [0.2, 0.25) is 10.0 Å². The maximum absolute atomic E-state index is 13.2. The molecule has 0 fully saturated rings. The molecule has 3 amide bonds. The molecule has 0 bridgehead atoms. The summed E-state index contributed by atoms with van der Waals surface area (Å²) in [5.41, 5.74) is 4.73. The first-order chi connectivity index (χ1) is 18.3. The van der Waals surface area contributed by atoms with Crippen LogP contribution in [-0.4, -0.2) is 29.0 Å². The number of unbranched alkanes of at least 4 members (excludes halogenated alkanes) is 1. The lowest BCUT2D eigenvalue weighted by Crippen LogP contribution is -2.36. The summed E-state index contributed by atoms with van der Waals surface area (Å²) in [6.07, 6.45) is 1.97. The summed E-state index contributed by atoms with van der Waals surface area (Å²) in [5, 5.41) is 6.92.